The van der Waals surface area contributed by atoms with E-state index in [1.54, 1.807) is 24.0 Å². The molecule has 0 saturated carbocycles. The Morgan fingerprint density at radius 2 is 2.00 bits per heavy atom. The van der Waals surface area contributed by atoms with Gasteiger partial charge in [-0.25, -0.2) is 0 Å². The Morgan fingerprint density at radius 1 is 1.29 bits per heavy atom. The van der Waals surface area contributed by atoms with Gasteiger partial charge in [0.25, 0.3) is 5.91 Å². The summed E-state index contributed by atoms with van der Waals surface area (Å²) in [5.74, 6) is -0.101. The zero-order valence-electron chi connectivity index (χ0n) is 13.8. The first-order chi connectivity index (χ1) is 11.4. The summed E-state index contributed by atoms with van der Waals surface area (Å²) in [5.41, 5.74) is 1.24. The highest BCUT2D eigenvalue weighted by molar-refractivity contribution is 8.00. The number of likely N-dealkylation sites (tertiary alicyclic amines) is 1. The van der Waals surface area contributed by atoms with Gasteiger partial charge in [-0.1, -0.05) is 0 Å². The van der Waals surface area contributed by atoms with E-state index in [1.165, 1.54) is 11.8 Å². The van der Waals surface area contributed by atoms with Crippen molar-refractivity contribution in [1.29, 1.82) is 0 Å². The van der Waals surface area contributed by atoms with Crippen molar-refractivity contribution in [3.8, 4) is 0 Å². The first-order valence-corrected chi connectivity index (χ1v) is 9.00. The Labute approximate surface area is 145 Å². The van der Waals surface area contributed by atoms with Crippen LogP contribution in [0.1, 0.15) is 37.0 Å². The number of piperidine rings is 1. The SMILES string of the molecule is CC(=O)N1CCC(NC(=O)c2ccc3c(c2)NC(=O)C(C)S3)CC1. The summed E-state index contributed by atoms with van der Waals surface area (Å²) in [5, 5.41) is 5.75. The Hall–Kier alpha value is -2.02. The number of hydrogen-bond donors (Lipinski definition) is 2. The number of nitrogens with zero attached hydrogens (tertiary/aromatic N) is 1. The molecule has 0 radical (unpaired) electrons. The van der Waals surface area contributed by atoms with Gasteiger partial charge in [-0.05, 0) is 38.0 Å². The lowest BCUT2D eigenvalue weighted by molar-refractivity contribution is -0.129. The van der Waals surface area contributed by atoms with Gasteiger partial charge in [0, 0.05) is 36.5 Å². The molecule has 0 aliphatic carbocycles. The number of rotatable bonds is 2. The van der Waals surface area contributed by atoms with Gasteiger partial charge in [0.15, 0.2) is 0 Å². The minimum Gasteiger partial charge on any atom is -0.349 e. The maximum Gasteiger partial charge on any atom is 0.251 e. The van der Waals surface area contributed by atoms with Gasteiger partial charge < -0.3 is 15.5 Å². The summed E-state index contributed by atoms with van der Waals surface area (Å²) in [4.78, 5) is 38.3. The second-order valence-electron chi connectivity index (χ2n) is 6.21. The number of carbonyl (C=O) groups is 3. The molecule has 1 aromatic carbocycles. The summed E-state index contributed by atoms with van der Waals surface area (Å²) in [6, 6.07) is 5.47. The molecule has 1 saturated heterocycles. The van der Waals surface area contributed by atoms with Gasteiger partial charge in [-0.2, -0.15) is 0 Å². The van der Waals surface area contributed by atoms with E-state index >= 15 is 0 Å². The maximum atomic E-state index is 12.4. The van der Waals surface area contributed by atoms with E-state index in [1.807, 2.05) is 13.0 Å². The van der Waals surface area contributed by atoms with Crippen molar-refractivity contribution in [2.45, 2.75) is 42.9 Å². The van der Waals surface area contributed by atoms with Crippen molar-refractivity contribution < 1.29 is 14.4 Å². The third-order valence-electron chi connectivity index (χ3n) is 4.45. The largest absolute Gasteiger partial charge is 0.349 e. The van der Waals surface area contributed by atoms with Crippen LogP contribution in [0.3, 0.4) is 0 Å². The zero-order chi connectivity index (χ0) is 17.3. The van der Waals surface area contributed by atoms with Crippen LogP contribution in [-0.2, 0) is 9.59 Å². The topological polar surface area (TPSA) is 78.5 Å². The molecule has 2 aliphatic heterocycles. The van der Waals surface area contributed by atoms with Crippen LogP contribution >= 0.6 is 11.8 Å². The molecular weight excluding hydrogens is 326 g/mol. The van der Waals surface area contributed by atoms with Crippen molar-refractivity contribution in [3.05, 3.63) is 23.8 Å². The fraction of sp³-hybridized carbons (Fsp3) is 0.471. The molecule has 128 valence electrons. The summed E-state index contributed by atoms with van der Waals surface area (Å²) in [6.45, 7) is 4.78. The molecule has 2 N–H and O–H groups in total. The number of anilines is 1. The van der Waals surface area contributed by atoms with Crippen molar-refractivity contribution in [3.63, 3.8) is 0 Å². The smallest absolute Gasteiger partial charge is 0.251 e. The molecule has 7 heteroatoms. The minimum atomic E-state index is -0.142. The normalized spacial score (nSPS) is 21.0. The monoisotopic (exact) mass is 347 g/mol. The van der Waals surface area contributed by atoms with Crippen LogP contribution in [0.2, 0.25) is 0 Å². The number of amides is 3. The van der Waals surface area contributed by atoms with Gasteiger partial charge in [0.1, 0.15) is 0 Å². The lowest BCUT2D eigenvalue weighted by Gasteiger charge is -2.31. The molecule has 2 heterocycles. The summed E-state index contributed by atoms with van der Waals surface area (Å²) in [6.07, 6.45) is 1.53. The highest BCUT2D eigenvalue weighted by atomic mass is 32.2. The standard InChI is InChI=1S/C17H21N3O3S/c1-10-16(22)19-14-9-12(3-4-15(14)24-10)17(23)18-13-5-7-20(8-6-13)11(2)21/h3-4,9-10,13H,5-8H2,1-2H3,(H,18,23)(H,19,22). The van der Waals surface area contributed by atoms with Crippen LogP contribution < -0.4 is 10.6 Å². The van der Waals surface area contributed by atoms with Gasteiger partial charge in [0.2, 0.25) is 11.8 Å². The first kappa shape index (κ1) is 16.8. The average Bonchev–Trinajstić information content (AvgIpc) is 2.56. The molecule has 3 rings (SSSR count). The second kappa shape index (κ2) is 6.84. The molecule has 2 aliphatic rings. The van der Waals surface area contributed by atoms with Crippen molar-refractivity contribution >= 4 is 35.2 Å². The molecule has 6 nitrogen and oxygen atoms in total. The van der Waals surface area contributed by atoms with Crippen LogP contribution in [0.25, 0.3) is 0 Å². The van der Waals surface area contributed by atoms with Crippen molar-refractivity contribution in [2.75, 3.05) is 18.4 Å². The van der Waals surface area contributed by atoms with Gasteiger partial charge in [0.05, 0.1) is 10.9 Å². The van der Waals surface area contributed by atoms with E-state index in [4.69, 9.17) is 0 Å². The molecule has 1 atom stereocenters. The Morgan fingerprint density at radius 3 is 2.67 bits per heavy atom. The number of nitrogens with one attached hydrogen (secondary N) is 2. The molecular formula is C17H21N3O3S. The fourth-order valence-corrected chi connectivity index (χ4v) is 3.89. The average molecular weight is 347 g/mol. The fourth-order valence-electron chi connectivity index (χ4n) is 2.96. The Balaban J connectivity index is 1.63. The maximum absolute atomic E-state index is 12.4. The van der Waals surface area contributed by atoms with E-state index in [-0.39, 0.29) is 29.0 Å². The van der Waals surface area contributed by atoms with Gasteiger partial charge in [-0.15, -0.1) is 11.8 Å². The second-order valence-corrected chi connectivity index (χ2v) is 7.60. The van der Waals surface area contributed by atoms with Crippen molar-refractivity contribution in [1.82, 2.24) is 10.2 Å². The van der Waals surface area contributed by atoms with Crippen LogP contribution in [0.4, 0.5) is 5.69 Å². The van der Waals surface area contributed by atoms with Crippen LogP contribution in [0, 0.1) is 0 Å². The molecule has 1 fully saturated rings. The molecule has 24 heavy (non-hydrogen) atoms. The van der Waals surface area contributed by atoms with Crippen LogP contribution in [0.15, 0.2) is 23.1 Å². The molecule has 1 unspecified atom stereocenters. The van der Waals surface area contributed by atoms with E-state index in [2.05, 4.69) is 10.6 Å². The molecule has 3 amide bonds. The van der Waals surface area contributed by atoms with Crippen molar-refractivity contribution in [2.24, 2.45) is 0 Å². The van der Waals surface area contributed by atoms with E-state index in [0.29, 0.717) is 24.3 Å². The summed E-state index contributed by atoms with van der Waals surface area (Å²) < 4.78 is 0. The number of carbonyl (C=O) groups excluding carboxylic acids is 3. The first-order valence-electron chi connectivity index (χ1n) is 8.12. The highest BCUT2D eigenvalue weighted by Crippen LogP contribution is 2.35. The number of benzene rings is 1. The summed E-state index contributed by atoms with van der Waals surface area (Å²) in [7, 11) is 0. The van der Waals surface area contributed by atoms with Gasteiger partial charge >= 0.3 is 0 Å². The Bertz CT molecular complexity index is 684. The lowest BCUT2D eigenvalue weighted by Crippen LogP contribution is -2.46. The van der Waals surface area contributed by atoms with E-state index < -0.39 is 0 Å². The molecule has 0 aromatic heterocycles. The number of thioether (sulfide) groups is 1. The highest BCUT2D eigenvalue weighted by Gasteiger charge is 2.25. The molecule has 0 spiro atoms. The van der Waals surface area contributed by atoms with E-state index in [9.17, 15) is 14.4 Å². The van der Waals surface area contributed by atoms with Crippen LogP contribution in [-0.4, -0.2) is 47.0 Å². The molecule has 0 bridgehead atoms. The third-order valence-corrected chi connectivity index (χ3v) is 5.63. The predicted octanol–water partition coefficient (Wildman–Crippen LogP) is 1.86. The number of hydrogen-bond acceptors (Lipinski definition) is 4. The van der Waals surface area contributed by atoms with E-state index in [0.717, 1.165) is 17.7 Å². The number of fused-ring (bicyclic) bond motifs is 1. The summed E-state index contributed by atoms with van der Waals surface area (Å²) >= 11 is 1.50. The van der Waals surface area contributed by atoms with Crippen LogP contribution in [0.5, 0.6) is 0 Å². The minimum absolute atomic E-state index is 0.0401. The lowest BCUT2D eigenvalue weighted by atomic mass is 10.0. The Kier molecular flexibility index (Phi) is 4.80. The predicted molar refractivity (Wildman–Crippen MR) is 93.1 cm³/mol. The molecule has 1 aromatic rings. The zero-order valence-corrected chi connectivity index (χ0v) is 14.6. The third kappa shape index (κ3) is 3.56. The quantitative estimate of drug-likeness (QED) is 0.856. The van der Waals surface area contributed by atoms with Gasteiger partial charge in [-0.3, -0.25) is 14.4 Å².